The number of nitrogens with one attached hydrogen (secondary N) is 2. The zero-order valence-electron chi connectivity index (χ0n) is 16.3. The highest BCUT2D eigenvalue weighted by atomic mass is 35.5. The quantitative estimate of drug-likeness (QED) is 0.388. The van der Waals surface area contributed by atoms with E-state index in [-0.39, 0.29) is 6.54 Å². The Kier molecular flexibility index (Phi) is 8.04. The summed E-state index contributed by atoms with van der Waals surface area (Å²) in [6.45, 7) is 0.172. The zero-order valence-corrected chi connectivity index (χ0v) is 17.9. The lowest BCUT2D eigenvalue weighted by Crippen LogP contribution is -2.35. The monoisotopic (exact) mass is 455 g/mol. The molecule has 0 aromatic heterocycles. The van der Waals surface area contributed by atoms with E-state index in [1.54, 1.807) is 30.3 Å². The van der Waals surface area contributed by atoms with E-state index in [0.29, 0.717) is 28.0 Å². The van der Waals surface area contributed by atoms with Crippen LogP contribution in [0, 0.1) is 0 Å². The first-order valence-corrected chi connectivity index (χ1v) is 10.1. The Morgan fingerprint density at radius 3 is 2.52 bits per heavy atom. The summed E-state index contributed by atoms with van der Waals surface area (Å²) in [7, 11) is 0. The number of hydrogen-bond donors (Lipinski definition) is 2. The van der Waals surface area contributed by atoms with Crippen LogP contribution in [0.3, 0.4) is 0 Å². The number of carbonyl (C=O) groups is 2. The molecule has 0 fully saturated rings. The fourth-order valence-electron chi connectivity index (χ4n) is 2.55. The second kappa shape index (κ2) is 11.2. The van der Waals surface area contributed by atoms with E-state index in [1.165, 1.54) is 6.21 Å². The Balaban J connectivity index is 1.46. The van der Waals surface area contributed by atoms with Crippen molar-refractivity contribution in [3.05, 3.63) is 99.5 Å². The molecule has 2 amide bonds. The molecule has 0 aliphatic carbocycles. The van der Waals surface area contributed by atoms with Crippen molar-refractivity contribution < 1.29 is 14.3 Å². The van der Waals surface area contributed by atoms with Crippen molar-refractivity contribution in [1.82, 2.24) is 10.7 Å². The highest BCUT2D eigenvalue weighted by Gasteiger charge is 2.10. The molecule has 2 N–H and O–H groups in total. The van der Waals surface area contributed by atoms with Crippen LogP contribution >= 0.6 is 23.2 Å². The highest BCUT2D eigenvalue weighted by molar-refractivity contribution is 6.33. The molecule has 0 radical (unpaired) electrons. The first kappa shape index (κ1) is 22.3. The van der Waals surface area contributed by atoms with Gasteiger partial charge in [0.15, 0.2) is 0 Å². The lowest BCUT2D eigenvalue weighted by Gasteiger charge is -2.07. The van der Waals surface area contributed by atoms with Gasteiger partial charge in [0.25, 0.3) is 11.8 Å². The molecule has 0 spiro atoms. The molecular weight excluding hydrogens is 437 g/mol. The Hall–Kier alpha value is -3.35. The molecule has 0 unspecified atom stereocenters. The van der Waals surface area contributed by atoms with Crippen molar-refractivity contribution in [2.75, 3.05) is 6.54 Å². The number of ether oxygens (including phenoxy) is 1. The Bertz CT molecular complexity index is 1090. The fourth-order valence-corrected chi connectivity index (χ4v) is 2.90. The van der Waals surface area contributed by atoms with Gasteiger partial charge in [-0.3, -0.25) is 9.59 Å². The van der Waals surface area contributed by atoms with Crippen LogP contribution < -0.4 is 15.5 Å². The van der Waals surface area contributed by atoms with Crippen molar-refractivity contribution in [3.63, 3.8) is 0 Å². The number of benzene rings is 3. The van der Waals surface area contributed by atoms with Crippen LogP contribution in [0.2, 0.25) is 10.0 Å². The molecule has 31 heavy (non-hydrogen) atoms. The topological polar surface area (TPSA) is 79.8 Å². The number of carbonyl (C=O) groups excluding carboxylic acids is 2. The predicted molar refractivity (Wildman–Crippen MR) is 122 cm³/mol. The van der Waals surface area contributed by atoms with Gasteiger partial charge in [-0.2, -0.15) is 5.10 Å². The van der Waals surface area contributed by atoms with Crippen LogP contribution in [0.15, 0.2) is 77.9 Å². The SMILES string of the molecule is O=C(CNC(=O)c1ccccc1Cl)N/N=C/c1cccc(OCc2ccc(Cl)cc2)c1. The summed E-state index contributed by atoms with van der Waals surface area (Å²) in [6, 6.07) is 21.3. The maximum atomic E-state index is 12.0. The van der Waals surface area contributed by atoms with Crippen molar-refractivity contribution in [1.29, 1.82) is 0 Å². The zero-order chi connectivity index (χ0) is 22.1. The summed E-state index contributed by atoms with van der Waals surface area (Å²) in [5.74, 6) is -0.237. The van der Waals surface area contributed by atoms with Crippen molar-refractivity contribution in [2.45, 2.75) is 6.61 Å². The van der Waals surface area contributed by atoms with E-state index >= 15 is 0 Å². The van der Waals surface area contributed by atoms with Gasteiger partial charge in [-0.25, -0.2) is 5.43 Å². The van der Waals surface area contributed by atoms with Crippen molar-refractivity contribution in [3.8, 4) is 5.75 Å². The smallest absolute Gasteiger partial charge is 0.259 e. The van der Waals surface area contributed by atoms with Gasteiger partial charge in [-0.15, -0.1) is 0 Å². The van der Waals surface area contributed by atoms with Gasteiger partial charge < -0.3 is 10.1 Å². The third-order valence-electron chi connectivity index (χ3n) is 4.11. The third kappa shape index (κ3) is 7.13. The van der Waals surface area contributed by atoms with E-state index in [9.17, 15) is 9.59 Å². The van der Waals surface area contributed by atoms with Gasteiger partial charge in [-0.05, 0) is 47.5 Å². The maximum Gasteiger partial charge on any atom is 0.259 e. The number of rotatable bonds is 8. The van der Waals surface area contributed by atoms with E-state index in [2.05, 4.69) is 15.8 Å². The lowest BCUT2D eigenvalue weighted by atomic mass is 10.2. The molecule has 6 nitrogen and oxygen atoms in total. The first-order chi connectivity index (χ1) is 15.0. The average Bonchev–Trinajstić information content (AvgIpc) is 2.78. The first-order valence-electron chi connectivity index (χ1n) is 9.33. The minimum absolute atomic E-state index is 0.231. The van der Waals surface area contributed by atoms with E-state index in [1.807, 2.05) is 42.5 Å². The van der Waals surface area contributed by atoms with Gasteiger partial charge in [0, 0.05) is 5.02 Å². The molecule has 3 aromatic carbocycles. The molecule has 8 heteroatoms. The molecule has 0 aliphatic rings. The molecule has 3 rings (SSSR count). The van der Waals surface area contributed by atoms with Crippen LogP contribution in [-0.2, 0) is 11.4 Å². The largest absolute Gasteiger partial charge is 0.489 e. The highest BCUT2D eigenvalue weighted by Crippen LogP contribution is 2.16. The minimum Gasteiger partial charge on any atom is -0.489 e. The number of nitrogens with zero attached hydrogens (tertiary/aromatic N) is 1. The summed E-state index contributed by atoms with van der Waals surface area (Å²) >= 11 is 11.8. The molecule has 0 saturated carbocycles. The second-order valence-corrected chi connectivity index (χ2v) is 7.29. The maximum absolute atomic E-state index is 12.0. The molecule has 158 valence electrons. The lowest BCUT2D eigenvalue weighted by molar-refractivity contribution is -0.120. The summed E-state index contributed by atoms with van der Waals surface area (Å²) in [4.78, 5) is 23.9. The molecular formula is C23H19Cl2N3O3. The number of halogens is 2. The third-order valence-corrected chi connectivity index (χ3v) is 4.69. The van der Waals surface area contributed by atoms with E-state index in [0.717, 1.165) is 11.1 Å². The van der Waals surface area contributed by atoms with Crippen LogP contribution in [0.1, 0.15) is 21.5 Å². The fraction of sp³-hybridized carbons (Fsp3) is 0.0870. The Labute approximate surface area is 189 Å². The minimum atomic E-state index is -0.466. The summed E-state index contributed by atoms with van der Waals surface area (Å²) in [5.41, 5.74) is 4.41. The van der Waals surface area contributed by atoms with Crippen LogP contribution in [0.25, 0.3) is 0 Å². The molecule has 0 atom stereocenters. The van der Waals surface area contributed by atoms with E-state index in [4.69, 9.17) is 27.9 Å². The second-order valence-electron chi connectivity index (χ2n) is 6.44. The Morgan fingerprint density at radius 2 is 1.74 bits per heavy atom. The molecule has 0 heterocycles. The molecule has 3 aromatic rings. The van der Waals surface area contributed by atoms with Gasteiger partial charge >= 0.3 is 0 Å². The van der Waals surface area contributed by atoms with Crippen molar-refractivity contribution >= 4 is 41.2 Å². The number of amides is 2. The van der Waals surface area contributed by atoms with Crippen LogP contribution in [0.5, 0.6) is 5.75 Å². The van der Waals surface area contributed by atoms with Crippen LogP contribution in [-0.4, -0.2) is 24.6 Å². The Morgan fingerprint density at radius 1 is 0.968 bits per heavy atom. The molecule has 0 saturated heterocycles. The van der Waals surface area contributed by atoms with Crippen molar-refractivity contribution in [2.24, 2.45) is 5.10 Å². The van der Waals surface area contributed by atoms with Gasteiger partial charge in [-0.1, -0.05) is 59.6 Å². The van der Waals surface area contributed by atoms with Gasteiger partial charge in [0.05, 0.1) is 23.3 Å². The number of hydrogen-bond acceptors (Lipinski definition) is 4. The predicted octanol–water partition coefficient (Wildman–Crippen LogP) is 4.45. The normalized spacial score (nSPS) is 10.6. The van der Waals surface area contributed by atoms with E-state index < -0.39 is 11.8 Å². The summed E-state index contributed by atoms with van der Waals surface area (Å²) in [6.07, 6.45) is 1.49. The molecule has 0 bridgehead atoms. The standard InChI is InChI=1S/C23H19Cl2N3O3/c24-18-10-8-16(9-11-18)15-31-19-5-3-4-17(12-19)13-27-28-22(29)14-26-23(30)20-6-1-2-7-21(20)25/h1-13H,14-15H2,(H,26,30)(H,28,29)/b27-13+. The summed E-state index contributed by atoms with van der Waals surface area (Å²) < 4.78 is 5.77. The number of hydrazone groups is 1. The molecule has 0 aliphatic heterocycles. The summed E-state index contributed by atoms with van der Waals surface area (Å²) in [5, 5.41) is 7.39. The average molecular weight is 456 g/mol. The van der Waals surface area contributed by atoms with Gasteiger partial charge in [0.1, 0.15) is 12.4 Å². The van der Waals surface area contributed by atoms with Gasteiger partial charge in [0.2, 0.25) is 0 Å². The van der Waals surface area contributed by atoms with Crippen LogP contribution in [0.4, 0.5) is 0 Å².